The van der Waals surface area contributed by atoms with Crippen molar-refractivity contribution >= 4 is 28.8 Å². The Labute approximate surface area is 152 Å². The summed E-state index contributed by atoms with van der Waals surface area (Å²) in [5.41, 5.74) is 1.79. The summed E-state index contributed by atoms with van der Waals surface area (Å²) in [7, 11) is 1.50. The van der Waals surface area contributed by atoms with Gasteiger partial charge in [-0.2, -0.15) is 5.10 Å². The molecule has 0 bridgehead atoms. The van der Waals surface area contributed by atoms with Crippen LogP contribution in [0.25, 0.3) is 11.0 Å². The second kappa shape index (κ2) is 7.48. The van der Waals surface area contributed by atoms with Crippen molar-refractivity contribution in [2.75, 3.05) is 7.11 Å². The van der Waals surface area contributed by atoms with E-state index in [0.29, 0.717) is 22.3 Å². The number of benzene rings is 2. The number of carbonyl (C=O) groups excluding carboxylic acids is 1. The smallest absolute Gasteiger partial charge is 0.349 e. The number of ether oxygens (including phenoxy) is 1. The zero-order chi connectivity index (χ0) is 19.4. The van der Waals surface area contributed by atoms with Crippen LogP contribution in [0.5, 0.6) is 5.75 Å². The van der Waals surface area contributed by atoms with Crippen LogP contribution in [-0.2, 0) is 0 Å². The summed E-state index contributed by atoms with van der Waals surface area (Å²) >= 11 is 0. The minimum absolute atomic E-state index is 0.102. The number of fused-ring (bicyclic) bond motifs is 1. The first kappa shape index (κ1) is 17.8. The summed E-state index contributed by atoms with van der Waals surface area (Å²) < 4.78 is 10.2. The molecule has 1 N–H and O–H groups in total. The lowest BCUT2D eigenvalue weighted by Gasteiger charge is -2.03. The predicted octanol–water partition coefficient (Wildman–Crippen LogP) is 2.47. The Hall–Kier alpha value is -4.01. The summed E-state index contributed by atoms with van der Waals surface area (Å²) in [4.78, 5) is 34.4. The number of carbonyl (C=O) groups is 1. The van der Waals surface area contributed by atoms with Gasteiger partial charge in [-0.1, -0.05) is 12.1 Å². The third-order valence-corrected chi connectivity index (χ3v) is 3.64. The number of amides is 1. The van der Waals surface area contributed by atoms with Crippen LogP contribution in [0.3, 0.4) is 0 Å². The van der Waals surface area contributed by atoms with E-state index in [0.717, 1.165) is 0 Å². The molecular weight excluding hydrogens is 354 g/mol. The average Bonchev–Trinajstić information content (AvgIpc) is 2.67. The molecule has 9 nitrogen and oxygen atoms in total. The van der Waals surface area contributed by atoms with E-state index in [1.54, 1.807) is 24.3 Å². The number of rotatable bonds is 5. The molecule has 2 aromatic carbocycles. The third-order valence-electron chi connectivity index (χ3n) is 3.64. The number of non-ortho nitro benzene ring substituents is 1. The second-order valence-electron chi connectivity index (χ2n) is 5.40. The highest BCUT2D eigenvalue weighted by Crippen LogP contribution is 2.20. The molecule has 1 amide bonds. The molecule has 1 aromatic heterocycles. The number of hydrogen-bond donors (Lipinski definition) is 1. The summed E-state index contributed by atoms with van der Waals surface area (Å²) in [6, 6.07) is 11.9. The first-order valence-corrected chi connectivity index (χ1v) is 7.67. The fourth-order valence-corrected chi connectivity index (χ4v) is 2.33. The molecular formula is C18H13N3O6. The van der Waals surface area contributed by atoms with Crippen LogP contribution in [0.4, 0.5) is 5.69 Å². The maximum atomic E-state index is 12.2. The monoisotopic (exact) mass is 367 g/mol. The molecule has 0 fully saturated rings. The highest BCUT2D eigenvalue weighted by Gasteiger charge is 2.13. The lowest BCUT2D eigenvalue weighted by atomic mass is 10.1. The number of nitrogens with one attached hydrogen (secondary N) is 1. The van der Waals surface area contributed by atoms with Crippen molar-refractivity contribution in [3.8, 4) is 5.75 Å². The first-order chi connectivity index (χ1) is 13.0. The van der Waals surface area contributed by atoms with E-state index in [1.165, 1.54) is 37.6 Å². The molecule has 0 unspecified atom stereocenters. The number of hydrogen-bond acceptors (Lipinski definition) is 7. The van der Waals surface area contributed by atoms with Gasteiger partial charge < -0.3 is 9.15 Å². The van der Waals surface area contributed by atoms with Crippen molar-refractivity contribution in [3.63, 3.8) is 0 Å². The Kier molecular flexibility index (Phi) is 4.93. The highest BCUT2D eigenvalue weighted by atomic mass is 16.6. The first-order valence-electron chi connectivity index (χ1n) is 7.67. The van der Waals surface area contributed by atoms with E-state index in [2.05, 4.69) is 10.5 Å². The molecule has 27 heavy (non-hydrogen) atoms. The molecule has 0 radical (unpaired) electrons. The van der Waals surface area contributed by atoms with Crippen molar-refractivity contribution in [3.05, 3.63) is 80.2 Å². The molecule has 0 aliphatic carbocycles. The van der Waals surface area contributed by atoms with E-state index >= 15 is 0 Å². The summed E-state index contributed by atoms with van der Waals surface area (Å²) in [5.74, 6) is -0.221. The Balaban J connectivity index is 1.81. The molecule has 0 saturated carbocycles. The molecule has 3 aromatic rings. The van der Waals surface area contributed by atoms with Crippen LogP contribution < -0.4 is 15.8 Å². The zero-order valence-electron chi connectivity index (χ0n) is 14.0. The molecule has 9 heteroatoms. The number of nitrogens with zero attached hydrogens (tertiary/aromatic N) is 2. The van der Waals surface area contributed by atoms with E-state index < -0.39 is 16.5 Å². The van der Waals surface area contributed by atoms with Crippen LogP contribution in [0.1, 0.15) is 15.9 Å². The topological polar surface area (TPSA) is 124 Å². The van der Waals surface area contributed by atoms with Crippen LogP contribution >= 0.6 is 0 Å². The Morgan fingerprint density at radius 2 is 2.07 bits per heavy atom. The lowest BCUT2D eigenvalue weighted by molar-refractivity contribution is -0.384. The van der Waals surface area contributed by atoms with Gasteiger partial charge in [-0.3, -0.25) is 14.9 Å². The van der Waals surface area contributed by atoms with Crippen LogP contribution in [-0.4, -0.2) is 24.2 Å². The van der Waals surface area contributed by atoms with E-state index in [4.69, 9.17) is 9.15 Å². The van der Waals surface area contributed by atoms with Crippen molar-refractivity contribution in [2.24, 2.45) is 5.10 Å². The van der Waals surface area contributed by atoms with Gasteiger partial charge in [0.15, 0.2) is 0 Å². The Morgan fingerprint density at radius 3 is 2.81 bits per heavy atom. The fraction of sp³-hybridized carbons (Fsp3) is 0.0556. The summed E-state index contributed by atoms with van der Waals surface area (Å²) in [6.07, 6.45) is 1.23. The van der Waals surface area contributed by atoms with Gasteiger partial charge in [0.25, 0.3) is 11.6 Å². The molecule has 1 heterocycles. The van der Waals surface area contributed by atoms with Crippen molar-refractivity contribution in [1.82, 2.24) is 5.43 Å². The quantitative estimate of drug-likeness (QED) is 0.320. The molecule has 0 aliphatic heterocycles. The maximum absolute atomic E-state index is 12.2. The van der Waals surface area contributed by atoms with Gasteiger partial charge in [-0.05, 0) is 24.3 Å². The SMILES string of the molecule is COc1ccc2oc(=O)c(C(=O)N/N=C/c3cccc([N+](=O)[O-])c3)cc2c1. The Morgan fingerprint density at radius 1 is 1.26 bits per heavy atom. The van der Waals surface area contributed by atoms with E-state index in [1.807, 2.05) is 0 Å². The largest absolute Gasteiger partial charge is 0.497 e. The number of nitro groups is 1. The number of hydrazone groups is 1. The molecule has 136 valence electrons. The van der Waals surface area contributed by atoms with Gasteiger partial charge in [0, 0.05) is 23.1 Å². The van der Waals surface area contributed by atoms with Crippen molar-refractivity contribution < 1.29 is 18.9 Å². The zero-order valence-corrected chi connectivity index (χ0v) is 14.0. The average molecular weight is 367 g/mol. The van der Waals surface area contributed by atoms with Crippen molar-refractivity contribution in [2.45, 2.75) is 0 Å². The molecule has 0 atom stereocenters. The minimum Gasteiger partial charge on any atom is -0.497 e. The van der Waals surface area contributed by atoms with Gasteiger partial charge in [-0.15, -0.1) is 0 Å². The normalized spacial score (nSPS) is 10.9. The summed E-state index contributed by atoms with van der Waals surface area (Å²) in [5, 5.41) is 15.0. The predicted molar refractivity (Wildman–Crippen MR) is 97.2 cm³/mol. The van der Waals surface area contributed by atoms with Gasteiger partial charge >= 0.3 is 5.63 Å². The van der Waals surface area contributed by atoms with Gasteiger partial charge in [0.05, 0.1) is 18.2 Å². The van der Waals surface area contributed by atoms with Crippen molar-refractivity contribution in [1.29, 1.82) is 0 Å². The van der Waals surface area contributed by atoms with Crippen LogP contribution in [0.15, 0.2) is 62.8 Å². The maximum Gasteiger partial charge on any atom is 0.349 e. The second-order valence-corrected chi connectivity index (χ2v) is 5.40. The van der Waals surface area contributed by atoms with Crippen LogP contribution in [0, 0.1) is 10.1 Å². The minimum atomic E-state index is -0.810. The van der Waals surface area contributed by atoms with Crippen LogP contribution in [0.2, 0.25) is 0 Å². The highest BCUT2D eigenvalue weighted by molar-refractivity contribution is 5.97. The number of nitro benzene ring substituents is 1. The van der Waals surface area contributed by atoms with E-state index in [9.17, 15) is 19.7 Å². The molecule has 0 saturated heterocycles. The van der Waals surface area contributed by atoms with E-state index in [-0.39, 0.29) is 11.3 Å². The third kappa shape index (κ3) is 3.98. The van der Waals surface area contributed by atoms with Gasteiger partial charge in [-0.25, -0.2) is 10.2 Å². The number of methoxy groups -OCH3 is 1. The van der Waals surface area contributed by atoms with Gasteiger partial charge in [0.1, 0.15) is 16.9 Å². The summed E-state index contributed by atoms with van der Waals surface area (Å²) in [6.45, 7) is 0. The fourth-order valence-electron chi connectivity index (χ4n) is 2.33. The van der Waals surface area contributed by atoms with Gasteiger partial charge in [0.2, 0.25) is 0 Å². The lowest BCUT2D eigenvalue weighted by Crippen LogP contribution is -2.24. The molecule has 0 aliphatic rings. The molecule has 3 rings (SSSR count). The Bertz CT molecular complexity index is 1120. The standard InChI is InChI=1S/C18H13N3O6/c1-26-14-5-6-16-12(8-14)9-15(18(23)27-16)17(22)20-19-10-11-3-2-4-13(7-11)21(24)25/h2-10H,1H3,(H,20,22)/b19-10+. The molecule has 0 spiro atoms.